The minimum atomic E-state index is -3.46. The Morgan fingerprint density at radius 3 is 2.65 bits per heavy atom. The van der Waals surface area contributed by atoms with Gasteiger partial charge in [-0.1, -0.05) is 43.4 Å². The van der Waals surface area contributed by atoms with E-state index in [2.05, 4.69) is 10.4 Å². The number of sulfone groups is 1. The molecule has 1 amide bonds. The monoisotopic (exact) mass is 469 g/mol. The van der Waals surface area contributed by atoms with Crippen molar-refractivity contribution < 1.29 is 23.4 Å². The second-order valence-electron chi connectivity index (χ2n) is 8.15. The van der Waals surface area contributed by atoms with E-state index in [9.17, 15) is 18.3 Å². The minimum Gasteiger partial charge on any atom is -0.394 e. The van der Waals surface area contributed by atoms with Gasteiger partial charge in [-0.15, -0.1) is 0 Å². The molecule has 0 bridgehead atoms. The van der Waals surface area contributed by atoms with Gasteiger partial charge in [-0.3, -0.25) is 9.48 Å². The molecule has 1 aromatic heterocycles. The maximum Gasteiger partial charge on any atom is 0.233 e. The van der Waals surface area contributed by atoms with Crippen molar-refractivity contribution in [2.45, 2.75) is 55.6 Å². The molecular weight excluding hydrogens is 442 g/mol. The Morgan fingerprint density at radius 1 is 1.32 bits per heavy atom. The second kappa shape index (κ2) is 10.1. The van der Waals surface area contributed by atoms with E-state index in [1.54, 1.807) is 24.4 Å². The maximum absolute atomic E-state index is 13.2. The molecular formula is C21H28ClN3O5S. The molecule has 8 nitrogen and oxygen atoms in total. The number of nitrogens with zero attached hydrogens (tertiary/aromatic N) is 2. The molecule has 0 radical (unpaired) electrons. The van der Waals surface area contributed by atoms with Crippen LogP contribution in [-0.4, -0.2) is 53.3 Å². The van der Waals surface area contributed by atoms with Gasteiger partial charge in [0, 0.05) is 18.5 Å². The number of hydrogen-bond donors (Lipinski definition) is 3. The first-order valence-electron chi connectivity index (χ1n) is 10.3. The lowest BCUT2D eigenvalue weighted by atomic mass is 9.87. The molecule has 1 fully saturated rings. The average Bonchev–Trinajstić information content (AvgIpc) is 3.36. The molecule has 10 heteroatoms. The van der Waals surface area contributed by atoms with Crippen LogP contribution in [-0.2, 0) is 21.2 Å². The van der Waals surface area contributed by atoms with Gasteiger partial charge in [0.2, 0.25) is 5.91 Å². The van der Waals surface area contributed by atoms with E-state index in [0.717, 1.165) is 31.9 Å². The summed E-state index contributed by atoms with van der Waals surface area (Å²) in [6.07, 6.45) is 6.83. The number of benzene rings is 1. The molecule has 0 saturated heterocycles. The zero-order valence-corrected chi connectivity index (χ0v) is 18.9. The summed E-state index contributed by atoms with van der Waals surface area (Å²) in [6, 6.07) is 6.28. The van der Waals surface area contributed by atoms with Gasteiger partial charge in [-0.25, -0.2) is 8.42 Å². The molecule has 1 aliphatic carbocycles. The number of halogens is 1. The number of aromatic nitrogens is 2. The van der Waals surface area contributed by atoms with Crippen LogP contribution in [0.25, 0.3) is 0 Å². The van der Waals surface area contributed by atoms with Crippen LogP contribution in [0.4, 0.5) is 5.82 Å². The molecule has 31 heavy (non-hydrogen) atoms. The van der Waals surface area contributed by atoms with E-state index >= 15 is 0 Å². The molecule has 3 rings (SSSR count). The molecule has 2 atom stereocenters. The highest BCUT2D eigenvalue weighted by Gasteiger charge is 2.28. The summed E-state index contributed by atoms with van der Waals surface area (Å²) in [7, 11) is -3.46. The fourth-order valence-electron chi connectivity index (χ4n) is 4.03. The number of carbonyl (C=O) groups excluding carboxylic acids is 1. The van der Waals surface area contributed by atoms with Crippen molar-refractivity contribution in [3.8, 4) is 0 Å². The third-order valence-electron chi connectivity index (χ3n) is 5.62. The van der Waals surface area contributed by atoms with Gasteiger partial charge in [0.1, 0.15) is 0 Å². The van der Waals surface area contributed by atoms with Gasteiger partial charge in [0.25, 0.3) is 0 Å². The Hall–Kier alpha value is -1.94. The van der Waals surface area contributed by atoms with E-state index in [4.69, 9.17) is 16.7 Å². The molecule has 0 aliphatic heterocycles. The summed E-state index contributed by atoms with van der Waals surface area (Å²) >= 11 is 6.23. The first-order chi connectivity index (χ1) is 14.7. The first kappa shape index (κ1) is 23.7. The summed E-state index contributed by atoms with van der Waals surface area (Å²) in [5, 5.41) is 25.7. The van der Waals surface area contributed by atoms with Crippen molar-refractivity contribution in [3.05, 3.63) is 41.0 Å². The summed E-state index contributed by atoms with van der Waals surface area (Å²) in [5.41, 5.74) is 0.664. The van der Waals surface area contributed by atoms with Crippen LogP contribution in [0.3, 0.4) is 0 Å². The van der Waals surface area contributed by atoms with Crippen molar-refractivity contribution in [2.75, 3.05) is 18.2 Å². The third kappa shape index (κ3) is 6.29. The third-order valence-corrected chi connectivity index (χ3v) is 7.20. The summed E-state index contributed by atoms with van der Waals surface area (Å²) < 4.78 is 25.2. The highest BCUT2D eigenvalue weighted by Crippen LogP contribution is 2.36. The zero-order valence-electron chi connectivity index (χ0n) is 17.4. The molecule has 1 heterocycles. The minimum absolute atomic E-state index is 0.0409. The molecule has 1 aliphatic rings. The number of anilines is 1. The molecule has 1 aromatic carbocycles. The van der Waals surface area contributed by atoms with E-state index in [0.29, 0.717) is 23.7 Å². The lowest BCUT2D eigenvalue weighted by molar-refractivity contribution is -0.118. The summed E-state index contributed by atoms with van der Waals surface area (Å²) in [6.45, 7) is -0.268. The van der Waals surface area contributed by atoms with Crippen molar-refractivity contribution in [1.82, 2.24) is 9.78 Å². The van der Waals surface area contributed by atoms with Crippen LogP contribution in [0.2, 0.25) is 5.02 Å². The SMILES string of the molecule is CS(=O)(=O)c1ccc([C@@H](CC2CCCC2)C(=O)Nc2ccn(C[C@@H](O)CO)n2)cc1Cl. The highest BCUT2D eigenvalue weighted by molar-refractivity contribution is 7.90. The average molecular weight is 470 g/mol. The Morgan fingerprint density at radius 2 is 2.03 bits per heavy atom. The smallest absolute Gasteiger partial charge is 0.233 e. The Bertz CT molecular complexity index is 1020. The molecule has 2 aromatic rings. The second-order valence-corrected chi connectivity index (χ2v) is 10.5. The summed E-state index contributed by atoms with van der Waals surface area (Å²) in [4.78, 5) is 13.2. The normalized spacial score (nSPS) is 16.9. The molecule has 170 valence electrons. The molecule has 1 saturated carbocycles. The van der Waals surface area contributed by atoms with Crippen LogP contribution >= 0.6 is 11.6 Å². The fourth-order valence-corrected chi connectivity index (χ4v) is 5.36. The summed E-state index contributed by atoms with van der Waals surface area (Å²) in [5.74, 6) is 0.0113. The van der Waals surface area contributed by atoms with Gasteiger partial charge in [0.15, 0.2) is 15.7 Å². The maximum atomic E-state index is 13.2. The fraction of sp³-hybridized carbons (Fsp3) is 0.524. The standard InChI is InChI=1S/C21H28ClN3O5S/c1-31(29,30)19-7-6-15(11-18(19)22)17(10-14-4-2-3-5-14)21(28)23-20-8-9-25(24-20)12-16(27)13-26/h6-9,11,14,16-17,26-27H,2-5,10,12-13H2,1H3,(H,23,24,28)/t16-,17-/m1/s1. The van der Waals surface area contributed by atoms with Gasteiger partial charge in [-0.2, -0.15) is 5.10 Å². The van der Waals surface area contributed by atoms with Gasteiger partial charge in [-0.05, 0) is 30.0 Å². The topological polar surface area (TPSA) is 122 Å². The Kier molecular flexibility index (Phi) is 7.74. The molecule has 0 spiro atoms. The Balaban J connectivity index is 1.81. The van der Waals surface area contributed by atoms with E-state index < -0.39 is 21.9 Å². The van der Waals surface area contributed by atoms with Crippen molar-refractivity contribution in [1.29, 1.82) is 0 Å². The van der Waals surface area contributed by atoms with E-state index in [1.807, 2.05) is 0 Å². The highest BCUT2D eigenvalue weighted by atomic mass is 35.5. The van der Waals surface area contributed by atoms with Gasteiger partial charge in [0.05, 0.1) is 35.1 Å². The number of aliphatic hydroxyl groups is 2. The van der Waals surface area contributed by atoms with Gasteiger partial charge >= 0.3 is 0 Å². The van der Waals surface area contributed by atoms with Crippen LogP contribution in [0, 0.1) is 5.92 Å². The van der Waals surface area contributed by atoms with Gasteiger partial charge < -0.3 is 15.5 Å². The van der Waals surface area contributed by atoms with Crippen LogP contribution in [0.5, 0.6) is 0 Å². The van der Waals surface area contributed by atoms with Crippen LogP contribution < -0.4 is 5.32 Å². The van der Waals surface area contributed by atoms with Crippen molar-refractivity contribution in [2.24, 2.45) is 5.92 Å². The predicted octanol–water partition coefficient (Wildman–Crippen LogP) is 2.60. The number of aliphatic hydroxyl groups excluding tert-OH is 2. The largest absolute Gasteiger partial charge is 0.394 e. The molecule has 0 unspecified atom stereocenters. The lowest BCUT2D eigenvalue weighted by Gasteiger charge is -2.21. The number of rotatable bonds is 9. The van der Waals surface area contributed by atoms with Crippen molar-refractivity contribution >= 4 is 33.2 Å². The lowest BCUT2D eigenvalue weighted by Crippen LogP contribution is -2.24. The predicted molar refractivity (Wildman–Crippen MR) is 118 cm³/mol. The molecule has 3 N–H and O–H groups in total. The zero-order chi connectivity index (χ0) is 22.6. The van der Waals surface area contributed by atoms with Crippen LogP contribution in [0.15, 0.2) is 35.4 Å². The quantitative estimate of drug-likeness (QED) is 0.519. The van der Waals surface area contributed by atoms with Crippen molar-refractivity contribution in [3.63, 3.8) is 0 Å². The number of hydrogen-bond acceptors (Lipinski definition) is 6. The van der Waals surface area contributed by atoms with E-state index in [1.165, 1.54) is 10.7 Å². The number of nitrogens with one attached hydrogen (secondary N) is 1. The Labute approximate surface area is 187 Å². The van der Waals surface area contributed by atoms with Crippen LogP contribution in [0.1, 0.15) is 43.6 Å². The number of amides is 1. The first-order valence-corrected chi connectivity index (χ1v) is 12.6. The number of carbonyl (C=O) groups is 1. The van der Waals surface area contributed by atoms with E-state index in [-0.39, 0.29) is 29.0 Å².